The molecule has 208 valence electrons. The number of esters is 1. The zero-order valence-corrected chi connectivity index (χ0v) is 22.5. The third-order valence-corrected chi connectivity index (χ3v) is 8.10. The van der Waals surface area contributed by atoms with Gasteiger partial charge in [-0.1, -0.05) is 24.6 Å². The Kier molecular flexibility index (Phi) is 8.38. The Morgan fingerprint density at radius 1 is 1.18 bits per heavy atom. The van der Waals surface area contributed by atoms with Crippen LogP contribution in [0.15, 0.2) is 41.3 Å². The molecule has 1 aliphatic rings. The molecule has 1 aliphatic heterocycles. The van der Waals surface area contributed by atoms with Gasteiger partial charge in [0.1, 0.15) is 23.5 Å². The van der Waals surface area contributed by atoms with Gasteiger partial charge in [-0.25, -0.2) is 12.8 Å². The second-order valence-corrected chi connectivity index (χ2v) is 11.9. The van der Waals surface area contributed by atoms with Crippen LogP contribution in [0.4, 0.5) is 23.2 Å². The third kappa shape index (κ3) is 6.40. The summed E-state index contributed by atoms with van der Waals surface area (Å²) in [5.74, 6) is -2.38. The van der Waals surface area contributed by atoms with Crippen molar-refractivity contribution in [1.29, 1.82) is 0 Å². The first-order chi connectivity index (χ1) is 17.4. The molecule has 0 radical (unpaired) electrons. The van der Waals surface area contributed by atoms with Crippen LogP contribution in [0.2, 0.25) is 5.02 Å². The van der Waals surface area contributed by atoms with Gasteiger partial charge >= 0.3 is 12.1 Å². The summed E-state index contributed by atoms with van der Waals surface area (Å²) in [4.78, 5) is 23.6. The molecule has 1 unspecified atom stereocenters. The maximum atomic E-state index is 13.7. The lowest BCUT2D eigenvalue weighted by Gasteiger charge is -2.38. The smallest absolute Gasteiger partial charge is 0.427 e. The highest BCUT2D eigenvalue weighted by molar-refractivity contribution is 7.92. The summed E-state index contributed by atoms with van der Waals surface area (Å²) in [5.41, 5.74) is -2.54. The summed E-state index contributed by atoms with van der Waals surface area (Å²) < 4.78 is 91.9. The van der Waals surface area contributed by atoms with E-state index < -0.39 is 51.1 Å². The van der Waals surface area contributed by atoms with Crippen molar-refractivity contribution in [3.63, 3.8) is 0 Å². The van der Waals surface area contributed by atoms with Crippen LogP contribution in [0.5, 0.6) is 5.75 Å². The average Bonchev–Trinajstić information content (AvgIpc) is 2.78. The van der Waals surface area contributed by atoms with E-state index in [1.165, 1.54) is 25.1 Å². The van der Waals surface area contributed by atoms with Crippen molar-refractivity contribution in [2.45, 2.75) is 63.3 Å². The van der Waals surface area contributed by atoms with Gasteiger partial charge in [0.2, 0.25) is 5.60 Å². The fourth-order valence-electron chi connectivity index (χ4n) is 3.85. The summed E-state index contributed by atoms with van der Waals surface area (Å²) in [6, 6.07) is 6.99. The van der Waals surface area contributed by atoms with Crippen molar-refractivity contribution in [3.05, 3.63) is 52.8 Å². The molecule has 0 N–H and O–H groups in total. The van der Waals surface area contributed by atoms with Gasteiger partial charge in [0.05, 0.1) is 28.6 Å². The maximum absolute atomic E-state index is 13.7. The molecule has 2 atom stereocenters. The topological polar surface area (TPSA) is 90.0 Å². The largest absolute Gasteiger partial charge is 0.486 e. The van der Waals surface area contributed by atoms with E-state index in [0.29, 0.717) is 0 Å². The number of carbonyl (C=O) groups excluding carboxylic acids is 2. The number of benzene rings is 2. The van der Waals surface area contributed by atoms with Crippen LogP contribution in [0.25, 0.3) is 0 Å². The second kappa shape index (κ2) is 10.7. The predicted octanol–water partition coefficient (Wildman–Crippen LogP) is 5.48. The summed E-state index contributed by atoms with van der Waals surface area (Å²) in [7, 11) is -4.35. The minimum atomic E-state index is -4.79. The van der Waals surface area contributed by atoms with Gasteiger partial charge in [-0.2, -0.15) is 13.2 Å². The molecule has 3 rings (SSSR count). The number of Topliss-reactive ketones (excluding diaryl/α,β-unsaturated/α-hetero) is 1. The van der Waals surface area contributed by atoms with Crippen LogP contribution in [0.1, 0.15) is 39.7 Å². The molecule has 7 nitrogen and oxygen atoms in total. The zero-order valence-electron chi connectivity index (χ0n) is 20.9. The normalized spacial score (nSPS) is 16.9. The number of fused-ring (bicyclic) bond motifs is 1. The number of sulfonamides is 1. The van der Waals surface area contributed by atoms with Crippen molar-refractivity contribution < 1.29 is 45.0 Å². The highest BCUT2D eigenvalue weighted by atomic mass is 35.5. The van der Waals surface area contributed by atoms with Gasteiger partial charge in [-0.3, -0.25) is 9.10 Å². The van der Waals surface area contributed by atoms with E-state index in [9.17, 15) is 35.6 Å². The lowest BCUT2D eigenvalue weighted by molar-refractivity contribution is -0.257. The monoisotopic (exact) mass is 579 g/mol. The molecule has 2 aromatic carbocycles. The number of alkyl halides is 3. The van der Waals surface area contributed by atoms with Gasteiger partial charge in [-0.15, -0.1) is 0 Å². The van der Waals surface area contributed by atoms with Crippen molar-refractivity contribution >= 4 is 39.1 Å². The van der Waals surface area contributed by atoms with Gasteiger partial charge < -0.3 is 14.3 Å². The van der Waals surface area contributed by atoms with Crippen LogP contribution >= 0.6 is 11.6 Å². The van der Waals surface area contributed by atoms with E-state index in [4.69, 9.17) is 16.3 Å². The van der Waals surface area contributed by atoms with Crippen LogP contribution in [0.3, 0.4) is 0 Å². The molecule has 2 aromatic rings. The van der Waals surface area contributed by atoms with E-state index in [-0.39, 0.29) is 46.6 Å². The Balaban J connectivity index is 2.01. The number of hydrogen-bond acceptors (Lipinski definition) is 6. The minimum Gasteiger partial charge on any atom is -0.486 e. The summed E-state index contributed by atoms with van der Waals surface area (Å²) in [6.45, 7) is 4.33. The number of ketones is 1. The Morgan fingerprint density at radius 2 is 1.84 bits per heavy atom. The molecule has 0 fully saturated rings. The molecule has 13 heteroatoms. The van der Waals surface area contributed by atoms with E-state index >= 15 is 0 Å². The van der Waals surface area contributed by atoms with E-state index in [1.807, 2.05) is 0 Å². The van der Waals surface area contributed by atoms with Crippen molar-refractivity contribution in [1.82, 2.24) is 0 Å². The Bertz CT molecular complexity index is 1350. The molecule has 38 heavy (non-hydrogen) atoms. The lowest BCUT2D eigenvalue weighted by atomic mass is 9.97. The Hall–Kier alpha value is -2.86. The molecule has 0 saturated carbocycles. The zero-order chi connectivity index (χ0) is 28.6. The molecule has 0 bridgehead atoms. The van der Waals surface area contributed by atoms with Gasteiger partial charge in [0.25, 0.3) is 10.0 Å². The van der Waals surface area contributed by atoms with Gasteiger partial charge in [0, 0.05) is 12.3 Å². The first kappa shape index (κ1) is 29.7. The van der Waals surface area contributed by atoms with Crippen LogP contribution in [-0.4, -0.2) is 44.6 Å². The number of rotatable bonds is 8. The maximum Gasteiger partial charge on any atom is 0.427 e. The molecule has 0 aromatic heterocycles. The fraction of sp³-hybridized carbons (Fsp3) is 0.440. The molecule has 1 heterocycles. The first-order valence-corrected chi connectivity index (χ1v) is 13.3. The molecule has 0 spiro atoms. The number of ether oxygens (including phenoxy) is 2. The highest BCUT2D eigenvalue weighted by Crippen LogP contribution is 2.40. The minimum absolute atomic E-state index is 0.0112. The van der Waals surface area contributed by atoms with Gasteiger partial charge in [0.15, 0.2) is 0 Å². The van der Waals surface area contributed by atoms with Crippen LogP contribution in [0, 0.1) is 11.7 Å². The number of nitrogens with zero attached hydrogens (tertiary/aromatic N) is 1. The van der Waals surface area contributed by atoms with Crippen molar-refractivity contribution in [2.24, 2.45) is 5.92 Å². The summed E-state index contributed by atoms with van der Waals surface area (Å²) >= 11 is 5.81. The fourth-order valence-corrected chi connectivity index (χ4v) is 5.60. The lowest BCUT2D eigenvalue weighted by Crippen LogP contribution is -2.46. The standard InChI is InChI=1S/C25H26ClF4NO6S/c1-14(9-15(2)32)22-13-31(38(34,35)17-6-7-19(27)18(26)12-17)20-10-16(5-8-21(20)36-22)11-23(33)37-24(3,4)25(28,29)30/h5-8,10,12,14,22H,9,11,13H2,1-4H3/t14-,22?/m0/s1. The van der Waals surface area contributed by atoms with Crippen molar-refractivity contribution in [3.8, 4) is 5.75 Å². The highest BCUT2D eigenvalue weighted by Gasteiger charge is 2.50. The van der Waals surface area contributed by atoms with Crippen LogP contribution < -0.4 is 9.04 Å². The third-order valence-electron chi connectivity index (χ3n) is 6.04. The number of halogens is 5. The molecule has 0 saturated heterocycles. The van der Waals surface area contributed by atoms with Crippen LogP contribution in [-0.2, 0) is 30.8 Å². The van der Waals surface area contributed by atoms with Gasteiger partial charge in [-0.05, 0) is 56.7 Å². The summed E-state index contributed by atoms with van der Waals surface area (Å²) in [5, 5.41) is -0.412. The van der Waals surface area contributed by atoms with E-state index in [0.717, 1.165) is 36.4 Å². The number of anilines is 1. The van der Waals surface area contributed by atoms with E-state index in [2.05, 4.69) is 4.74 Å². The summed E-state index contributed by atoms with van der Waals surface area (Å²) in [6.07, 6.45) is -5.98. The average molecular weight is 580 g/mol. The Morgan fingerprint density at radius 3 is 2.42 bits per heavy atom. The van der Waals surface area contributed by atoms with Crippen molar-refractivity contribution in [2.75, 3.05) is 10.8 Å². The molecular weight excluding hydrogens is 554 g/mol. The van der Waals surface area contributed by atoms with E-state index in [1.54, 1.807) is 6.92 Å². The molecule has 0 amide bonds. The predicted molar refractivity (Wildman–Crippen MR) is 131 cm³/mol. The number of hydrogen-bond donors (Lipinski definition) is 0. The Labute approximate surface area is 222 Å². The molecule has 0 aliphatic carbocycles. The molecular formula is C25H26ClF4NO6S. The first-order valence-electron chi connectivity index (χ1n) is 11.5. The number of carbonyl (C=O) groups is 2. The second-order valence-electron chi connectivity index (χ2n) is 9.61. The SMILES string of the molecule is CC(=O)C[C@H](C)C1CN(S(=O)(=O)c2ccc(F)c(Cl)c2)c2cc(CC(=O)OC(C)(C)C(F)(F)F)ccc2O1. The quantitative estimate of drug-likeness (QED) is 0.304.